The Balaban J connectivity index is 1.19. The first-order valence-corrected chi connectivity index (χ1v) is 39.1. The van der Waals surface area contributed by atoms with E-state index in [1.807, 2.05) is 60.7 Å². The van der Waals surface area contributed by atoms with E-state index in [4.69, 9.17) is 9.98 Å². The molecule has 2 nitrogen and oxygen atoms in total. The van der Waals surface area contributed by atoms with Crippen LogP contribution in [0.4, 0.5) is 28.9 Å². The second kappa shape index (κ2) is 33.3. The van der Waals surface area contributed by atoms with Crippen molar-refractivity contribution in [3.8, 4) is 44.5 Å². The number of hydrogen-bond acceptors (Lipinski definition) is 4. The van der Waals surface area contributed by atoms with Crippen molar-refractivity contribution < 1.29 is 17.6 Å². The van der Waals surface area contributed by atoms with Crippen LogP contribution < -0.4 is 10.7 Å². The highest BCUT2D eigenvalue weighted by Crippen LogP contribution is 2.52. The van der Waals surface area contributed by atoms with Crippen molar-refractivity contribution in [1.29, 1.82) is 0 Å². The predicted octanol–water partition coefficient (Wildman–Crippen LogP) is 27.6. The van der Waals surface area contributed by atoms with Gasteiger partial charge in [0.2, 0.25) is 0 Å². The first-order chi connectivity index (χ1) is 47.2. The maximum Gasteiger partial charge on any atom is 0.127 e. The average Bonchev–Trinajstić information content (AvgIpc) is 0.694. The molecule has 8 heteroatoms. The van der Waals surface area contributed by atoms with Gasteiger partial charge in [-0.25, -0.2) is 27.5 Å². The molecule has 2 aliphatic rings. The van der Waals surface area contributed by atoms with Crippen LogP contribution in [0.3, 0.4) is 0 Å². The minimum Gasteiger partial charge on any atom is -0.246 e. The standard InChI is InChI=1S/C90H106F4N2S2/c1-55(2)21-17-25-59(9)33-37-63-41-45-67(49-75(63)91)83-71-53-74-72(54-73(71)85(89-87(83)95-79-29-13-15-31-81(79)97-89)69-47-43-65(77(93)51-69)39-35-61(11)27-19-23-57(5)6)84(68-46-42-64(76(92)50-68)38-34-60(10)26-18-22-56(3)4)88-90(98-82-32-16-14-30-80(82)96-88)86(74)70-48-44-66(78(94)52-70)40-36-62(12)28-20-24-58(7)8/h13-16,29-32,41-62H,17-28,33-40H2,1-12H3. The molecule has 0 N–H and O–H groups in total. The first kappa shape index (κ1) is 72.8. The van der Waals surface area contributed by atoms with Gasteiger partial charge in [-0.3, -0.25) is 0 Å². The number of halogens is 4. The minimum absolute atomic E-state index is 0.258. The van der Waals surface area contributed by atoms with E-state index >= 15 is 17.6 Å². The average molecular weight is 1360 g/mol. The molecular formula is C90H106F4N2S2. The van der Waals surface area contributed by atoms with Gasteiger partial charge >= 0.3 is 0 Å². The Hall–Kier alpha value is -6.48. The molecule has 2 heterocycles. The smallest absolute Gasteiger partial charge is 0.127 e. The van der Waals surface area contributed by atoms with Gasteiger partial charge in [-0.2, -0.15) is 0 Å². The lowest BCUT2D eigenvalue weighted by Gasteiger charge is -2.25. The molecule has 11 rings (SSSR count). The second-order valence-corrected chi connectivity index (χ2v) is 33.4. The molecule has 4 atom stereocenters. The van der Waals surface area contributed by atoms with Crippen molar-refractivity contribution >= 4 is 56.4 Å². The quantitative estimate of drug-likeness (QED) is 0.0310. The maximum absolute atomic E-state index is 17.5. The van der Waals surface area contributed by atoms with E-state index in [-0.39, 0.29) is 23.3 Å². The summed E-state index contributed by atoms with van der Waals surface area (Å²) in [6.45, 7) is 27.3. The van der Waals surface area contributed by atoms with Gasteiger partial charge in [-0.15, -0.1) is 0 Å². The predicted molar refractivity (Wildman–Crippen MR) is 410 cm³/mol. The van der Waals surface area contributed by atoms with Gasteiger partial charge in [0.1, 0.15) is 23.3 Å². The van der Waals surface area contributed by atoms with Crippen molar-refractivity contribution in [3.05, 3.63) is 190 Å². The molecule has 0 aliphatic carbocycles. The van der Waals surface area contributed by atoms with Crippen molar-refractivity contribution in [2.75, 3.05) is 0 Å². The van der Waals surface area contributed by atoms with E-state index in [0.29, 0.717) is 128 Å². The molecule has 9 aromatic rings. The SMILES string of the molecule is CC(C)CCCC(C)CCc1ccc(-c2c3c(c(-c4ccc(CCC(C)CCCC(C)C)c(F)c4)c4cc5c(-c6ccc(CCC(C)CCCC(C)C)c(F)c6)c6c(c(-c7ccc(CCC(C)CCCC(C)C)c(F)c7)c5cc24)=Nc2ccccc2S6)=Nc2ccccc2S3)cc1F. The van der Waals surface area contributed by atoms with Crippen molar-refractivity contribution in [1.82, 2.24) is 0 Å². The molecule has 516 valence electrons. The van der Waals surface area contributed by atoms with E-state index in [1.54, 1.807) is 47.8 Å². The lowest BCUT2D eigenvalue weighted by Crippen LogP contribution is -2.17. The zero-order valence-electron chi connectivity index (χ0n) is 60.7. The van der Waals surface area contributed by atoms with Crippen LogP contribution in [0.2, 0.25) is 0 Å². The minimum atomic E-state index is -0.264. The summed E-state index contributed by atoms with van der Waals surface area (Å²) in [5.41, 5.74) is 10.2. The monoisotopic (exact) mass is 1350 g/mol. The highest BCUT2D eigenvalue weighted by Gasteiger charge is 2.30. The molecule has 0 radical (unpaired) electrons. The van der Waals surface area contributed by atoms with Crippen LogP contribution in [-0.4, -0.2) is 0 Å². The lowest BCUT2D eigenvalue weighted by molar-refractivity contribution is 0.434. The van der Waals surface area contributed by atoms with Gasteiger partial charge in [-0.1, -0.05) is 256 Å². The van der Waals surface area contributed by atoms with Gasteiger partial charge in [-0.05, 0) is 225 Å². The Morgan fingerprint density at radius 2 is 0.561 bits per heavy atom. The molecule has 0 saturated heterocycles. The summed E-state index contributed by atoms with van der Waals surface area (Å²) in [5, 5.41) is 4.56. The molecule has 0 saturated carbocycles. The van der Waals surface area contributed by atoms with E-state index in [0.717, 1.165) is 152 Å². The fourth-order valence-electron chi connectivity index (χ4n) is 15.0. The van der Waals surface area contributed by atoms with E-state index in [2.05, 4.69) is 132 Å². The Morgan fingerprint density at radius 1 is 0.296 bits per heavy atom. The third kappa shape index (κ3) is 17.6. The third-order valence-corrected chi connectivity index (χ3v) is 23.5. The first-order valence-electron chi connectivity index (χ1n) is 37.5. The topological polar surface area (TPSA) is 24.7 Å². The van der Waals surface area contributed by atoms with E-state index < -0.39 is 0 Å². The van der Waals surface area contributed by atoms with Gasteiger partial charge in [0, 0.05) is 41.8 Å². The molecule has 4 unspecified atom stereocenters. The fraction of sp³-hybridized carbons (Fsp3) is 0.444. The number of fused-ring (bicyclic) bond motifs is 6. The Kier molecular flexibility index (Phi) is 24.7. The molecule has 0 amide bonds. The van der Waals surface area contributed by atoms with Crippen molar-refractivity contribution in [2.45, 2.75) is 231 Å². The number of rotatable bonds is 32. The molecule has 9 aromatic carbocycles. The normalized spacial score (nSPS) is 14.0. The van der Waals surface area contributed by atoms with Crippen molar-refractivity contribution in [2.24, 2.45) is 57.3 Å². The summed E-state index contributed by atoms with van der Waals surface area (Å²) in [4.78, 5) is 14.8. The van der Waals surface area contributed by atoms with Gasteiger partial charge < -0.3 is 0 Å². The van der Waals surface area contributed by atoms with Crippen LogP contribution in [0.1, 0.15) is 208 Å². The zero-order valence-corrected chi connectivity index (χ0v) is 62.3. The highest BCUT2D eigenvalue weighted by molar-refractivity contribution is 8.00. The molecule has 0 spiro atoms. The molecule has 98 heavy (non-hydrogen) atoms. The summed E-state index contributed by atoms with van der Waals surface area (Å²) in [5.74, 6) is 3.38. The highest BCUT2D eigenvalue weighted by atomic mass is 32.2. The van der Waals surface area contributed by atoms with Crippen LogP contribution >= 0.6 is 23.5 Å². The molecule has 0 bridgehead atoms. The molecule has 0 aromatic heterocycles. The lowest BCUT2D eigenvalue weighted by atomic mass is 9.84. The zero-order chi connectivity index (χ0) is 69.3. The van der Waals surface area contributed by atoms with Gasteiger partial charge in [0.05, 0.1) is 22.1 Å². The van der Waals surface area contributed by atoms with Crippen LogP contribution in [0.15, 0.2) is 163 Å². The van der Waals surface area contributed by atoms with E-state index in [1.165, 1.54) is 25.7 Å². The van der Waals surface area contributed by atoms with Crippen LogP contribution in [0, 0.1) is 70.6 Å². The summed E-state index contributed by atoms with van der Waals surface area (Å²) in [6.07, 6.45) is 19.9. The largest absolute Gasteiger partial charge is 0.246 e. The Morgan fingerprint density at radius 3 is 0.837 bits per heavy atom. The molecule has 2 aliphatic heterocycles. The number of para-hydroxylation sites is 2. The summed E-state index contributed by atoms with van der Waals surface area (Å²) in [6, 6.07) is 43.8. The summed E-state index contributed by atoms with van der Waals surface area (Å²) < 4.78 is 69.8. The van der Waals surface area contributed by atoms with Gasteiger partial charge in [0.25, 0.3) is 0 Å². The van der Waals surface area contributed by atoms with Crippen LogP contribution in [-0.2, 0) is 25.7 Å². The fourth-order valence-corrected chi connectivity index (χ4v) is 17.3. The Labute approximate surface area is 592 Å². The number of hydrogen-bond donors (Lipinski definition) is 0. The maximum atomic E-state index is 17.5. The summed E-state index contributed by atoms with van der Waals surface area (Å²) in [7, 11) is 0. The van der Waals surface area contributed by atoms with Crippen molar-refractivity contribution in [3.63, 3.8) is 0 Å². The van der Waals surface area contributed by atoms with Crippen LogP contribution in [0.25, 0.3) is 66.1 Å². The summed E-state index contributed by atoms with van der Waals surface area (Å²) >= 11 is 3.23. The number of aryl methyl sites for hydroxylation is 4. The molecule has 0 fully saturated rings. The second-order valence-electron chi connectivity index (χ2n) is 31.3. The molecular weight excluding hydrogens is 1250 g/mol. The van der Waals surface area contributed by atoms with Crippen LogP contribution in [0.5, 0.6) is 0 Å². The Bertz CT molecular complexity index is 4130. The van der Waals surface area contributed by atoms with E-state index in [9.17, 15) is 0 Å². The van der Waals surface area contributed by atoms with Gasteiger partial charge in [0.15, 0.2) is 0 Å². The number of nitrogens with zero attached hydrogens (tertiary/aromatic N) is 2. The number of benzene rings is 9. The third-order valence-electron chi connectivity index (χ3n) is 21.1.